The molecule has 1 aliphatic carbocycles. The first-order valence-electron chi connectivity index (χ1n) is 6.25. The van der Waals surface area contributed by atoms with Crippen LogP contribution in [0.1, 0.15) is 29.9 Å². The molecule has 0 atom stereocenters. The molecule has 1 heterocycles. The first-order valence-corrected chi connectivity index (χ1v) is 6.25. The minimum absolute atomic E-state index is 0.786. The molecule has 1 heteroatoms. The maximum absolute atomic E-state index is 6.00. The van der Waals surface area contributed by atoms with Gasteiger partial charge >= 0.3 is 0 Å². The molecule has 0 unspecified atom stereocenters. The fraction of sp³-hybridized carbons (Fsp3) is 0.250. The fourth-order valence-corrected chi connectivity index (χ4v) is 2.63. The van der Waals surface area contributed by atoms with Crippen molar-refractivity contribution in [3.8, 4) is 0 Å². The van der Waals surface area contributed by atoms with Crippen LogP contribution in [-0.2, 0) is 0 Å². The van der Waals surface area contributed by atoms with Crippen LogP contribution >= 0.6 is 0 Å². The lowest BCUT2D eigenvalue weighted by Gasteiger charge is -1.96. The van der Waals surface area contributed by atoms with Crippen LogP contribution in [0.4, 0.5) is 0 Å². The molecule has 0 aliphatic heterocycles. The van der Waals surface area contributed by atoms with E-state index in [4.69, 9.17) is 4.42 Å². The molecule has 0 radical (unpaired) electrons. The fourth-order valence-electron chi connectivity index (χ4n) is 2.63. The van der Waals surface area contributed by atoms with Crippen LogP contribution in [0.25, 0.3) is 21.9 Å². The van der Waals surface area contributed by atoms with Crippen LogP contribution < -0.4 is 0 Å². The number of hydrogen-bond acceptors (Lipinski definition) is 1. The van der Waals surface area contributed by atoms with E-state index in [1.807, 2.05) is 0 Å². The topological polar surface area (TPSA) is 13.1 Å². The minimum atomic E-state index is 0.786. The molecule has 1 nitrogen and oxygen atoms in total. The Labute approximate surface area is 100 Å². The van der Waals surface area contributed by atoms with E-state index < -0.39 is 0 Å². The molecule has 1 aromatic heterocycles. The molecule has 1 fully saturated rings. The zero-order valence-corrected chi connectivity index (χ0v) is 9.86. The van der Waals surface area contributed by atoms with Gasteiger partial charge in [0, 0.05) is 10.8 Å². The molecular weight excluding hydrogens is 208 g/mol. The summed E-state index contributed by atoms with van der Waals surface area (Å²) >= 11 is 0. The van der Waals surface area contributed by atoms with Crippen LogP contribution in [0.5, 0.6) is 0 Å². The summed E-state index contributed by atoms with van der Waals surface area (Å²) in [5.41, 5.74) is 4.73. The summed E-state index contributed by atoms with van der Waals surface area (Å²) < 4.78 is 6.00. The lowest BCUT2D eigenvalue weighted by Crippen LogP contribution is -1.76. The second-order valence-electron chi connectivity index (χ2n) is 5.08. The molecule has 0 amide bonds. The maximum atomic E-state index is 6.00. The molecular formula is C16H14O. The molecule has 17 heavy (non-hydrogen) atoms. The molecule has 84 valence electrons. The summed E-state index contributed by atoms with van der Waals surface area (Å²) in [5, 5.41) is 2.48. The van der Waals surface area contributed by atoms with Crippen molar-refractivity contribution in [2.24, 2.45) is 0 Å². The van der Waals surface area contributed by atoms with Crippen molar-refractivity contribution in [1.29, 1.82) is 0 Å². The zero-order valence-electron chi connectivity index (χ0n) is 9.86. The SMILES string of the molecule is Cc1cccc2c1oc1cc(C3CC3)ccc12. The Balaban J connectivity index is 2.08. The summed E-state index contributed by atoms with van der Waals surface area (Å²) in [4.78, 5) is 0. The normalized spacial score (nSPS) is 15.8. The second kappa shape index (κ2) is 3.13. The number of benzene rings is 2. The number of aryl methyl sites for hydroxylation is 1. The van der Waals surface area contributed by atoms with Crippen molar-refractivity contribution in [2.75, 3.05) is 0 Å². The quantitative estimate of drug-likeness (QED) is 0.578. The van der Waals surface area contributed by atoms with Gasteiger partial charge in [-0.1, -0.05) is 30.3 Å². The van der Waals surface area contributed by atoms with Crippen molar-refractivity contribution in [3.63, 3.8) is 0 Å². The average molecular weight is 222 g/mol. The van der Waals surface area contributed by atoms with Crippen molar-refractivity contribution in [1.82, 2.24) is 0 Å². The van der Waals surface area contributed by atoms with E-state index in [-0.39, 0.29) is 0 Å². The molecule has 4 rings (SSSR count). The van der Waals surface area contributed by atoms with Gasteiger partial charge in [0.1, 0.15) is 11.2 Å². The van der Waals surface area contributed by atoms with Gasteiger partial charge < -0.3 is 4.42 Å². The summed E-state index contributed by atoms with van der Waals surface area (Å²) in [7, 11) is 0. The van der Waals surface area contributed by atoms with Gasteiger partial charge in [0.15, 0.2) is 0 Å². The molecule has 0 saturated heterocycles. The van der Waals surface area contributed by atoms with Gasteiger partial charge in [-0.15, -0.1) is 0 Å². The Hall–Kier alpha value is -1.76. The van der Waals surface area contributed by atoms with E-state index in [1.165, 1.54) is 34.7 Å². The van der Waals surface area contributed by atoms with E-state index in [9.17, 15) is 0 Å². The van der Waals surface area contributed by atoms with E-state index in [2.05, 4.69) is 43.3 Å². The highest BCUT2D eigenvalue weighted by Crippen LogP contribution is 2.42. The third-order valence-electron chi connectivity index (χ3n) is 3.77. The monoisotopic (exact) mass is 222 g/mol. The Morgan fingerprint density at radius 2 is 1.94 bits per heavy atom. The van der Waals surface area contributed by atoms with Crippen LogP contribution in [0.3, 0.4) is 0 Å². The third-order valence-corrected chi connectivity index (χ3v) is 3.77. The highest BCUT2D eigenvalue weighted by molar-refractivity contribution is 6.05. The van der Waals surface area contributed by atoms with Gasteiger partial charge in [-0.3, -0.25) is 0 Å². The van der Waals surface area contributed by atoms with Crippen molar-refractivity contribution >= 4 is 21.9 Å². The standard InChI is InChI=1S/C16H14O/c1-10-3-2-4-14-13-8-7-12(11-5-6-11)9-15(13)17-16(10)14/h2-4,7-9,11H,5-6H2,1H3. The average Bonchev–Trinajstić information content (AvgIpc) is 3.11. The molecule has 0 spiro atoms. The van der Waals surface area contributed by atoms with Crippen molar-refractivity contribution in [2.45, 2.75) is 25.7 Å². The number of rotatable bonds is 1. The van der Waals surface area contributed by atoms with Crippen LogP contribution in [0, 0.1) is 6.92 Å². The molecule has 1 saturated carbocycles. The minimum Gasteiger partial charge on any atom is -0.456 e. The summed E-state index contributed by atoms with van der Waals surface area (Å²) in [6.45, 7) is 2.10. The molecule has 1 aliphatic rings. The Morgan fingerprint density at radius 3 is 2.76 bits per heavy atom. The van der Waals surface area contributed by atoms with E-state index >= 15 is 0 Å². The zero-order chi connectivity index (χ0) is 11.4. The largest absolute Gasteiger partial charge is 0.456 e. The summed E-state index contributed by atoms with van der Waals surface area (Å²) in [6.07, 6.45) is 2.68. The van der Waals surface area contributed by atoms with Gasteiger partial charge in [-0.2, -0.15) is 0 Å². The van der Waals surface area contributed by atoms with E-state index in [0.29, 0.717) is 0 Å². The Bertz CT molecular complexity index is 717. The molecule has 0 N–H and O–H groups in total. The van der Waals surface area contributed by atoms with Gasteiger partial charge in [-0.05, 0) is 42.9 Å². The number of fused-ring (bicyclic) bond motifs is 3. The van der Waals surface area contributed by atoms with Gasteiger partial charge in [-0.25, -0.2) is 0 Å². The smallest absolute Gasteiger partial charge is 0.138 e. The summed E-state index contributed by atoms with van der Waals surface area (Å²) in [6, 6.07) is 13.1. The van der Waals surface area contributed by atoms with Crippen molar-refractivity contribution < 1.29 is 4.42 Å². The Kier molecular flexibility index (Phi) is 1.71. The molecule has 0 bridgehead atoms. The highest BCUT2D eigenvalue weighted by Gasteiger charge is 2.24. The number of para-hydroxylation sites is 1. The lowest BCUT2D eigenvalue weighted by atomic mass is 10.1. The molecule has 3 aromatic rings. The number of furan rings is 1. The van der Waals surface area contributed by atoms with Crippen molar-refractivity contribution in [3.05, 3.63) is 47.5 Å². The Morgan fingerprint density at radius 1 is 1.06 bits per heavy atom. The molecule has 2 aromatic carbocycles. The predicted molar refractivity (Wildman–Crippen MR) is 70.4 cm³/mol. The first-order chi connectivity index (χ1) is 8.33. The first kappa shape index (κ1) is 9.29. The van der Waals surface area contributed by atoms with E-state index in [1.54, 1.807) is 0 Å². The third kappa shape index (κ3) is 1.32. The van der Waals surface area contributed by atoms with Crippen LogP contribution in [0.15, 0.2) is 40.8 Å². The van der Waals surface area contributed by atoms with Crippen LogP contribution in [0.2, 0.25) is 0 Å². The second-order valence-corrected chi connectivity index (χ2v) is 5.08. The lowest BCUT2D eigenvalue weighted by molar-refractivity contribution is 0.665. The highest BCUT2D eigenvalue weighted by atomic mass is 16.3. The maximum Gasteiger partial charge on any atom is 0.138 e. The van der Waals surface area contributed by atoms with Crippen LogP contribution in [-0.4, -0.2) is 0 Å². The van der Waals surface area contributed by atoms with Gasteiger partial charge in [0.25, 0.3) is 0 Å². The van der Waals surface area contributed by atoms with Gasteiger partial charge in [0.05, 0.1) is 0 Å². The summed E-state index contributed by atoms with van der Waals surface area (Å²) in [5.74, 6) is 0.786. The van der Waals surface area contributed by atoms with Gasteiger partial charge in [0.2, 0.25) is 0 Å². The van der Waals surface area contributed by atoms with E-state index in [0.717, 1.165) is 17.1 Å². The number of hydrogen-bond donors (Lipinski definition) is 0. The predicted octanol–water partition coefficient (Wildman–Crippen LogP) is 4.77.